The van der Waals surface area contributed by atoms with E-state index in [1.54, 1.807) is 36.4 Å². The first-order valence-electron chi connectivity index (χ1n) is 11.9. The predicted molar refractivity (Wildman–Crippen MR) is 139 cm³/mol. The monoisotopic (exact) mass is 521 g/mol. The summed E-state index contributed by atoms with van der Waals surface area (Å²) in [6, 6.07) is 11.7. The zero-order chi connectivity index (χ0) is 26.9. The minimum absolute atomic E-state index is 0.0216. The third kappa shape index (κ3) is 8.22. The Bertz CT molecular complexity index is 1120. The van der Waals surface area contributed by atoms with Crippen molar-refractivity contribution in [1.29, 1.82) is 0 Å². The van der Waals surface area contributed by atoms with Crippen molar-refractivity contribution in [3.63, 3.8) is 0 Å². The number of carbonyl (C=O) groups is 2. The molecule has 8 nitrogen and oxygen atoms in total. The average Bonchev–Trinajstić information content (AvgIpc) is 2.81. The van der Waals surface area contributed by atoms with Crippen molar-refractivity contribution in [1.82, 2.24) is 10.2 Å². The second kappa shape index (κ2) is 13.2. The van der Waals surface area contributed by atoms with Gasteiger partial charge >= 0.3 is 0 Å². The molecule has 0 saturated heterocycles. The summed E-state index contributed by atoms with van der Waals surface area (Å²) in [5, 5.41) is 2.86. The molecule has 1 atom stereocenters. The first kappa shape index (κ1) is 29.1. The highest BCUT2D eigenvalue weighted by atomic mass is 32.2. The maximum Gasteiger partial charge on any atom is 0.243 e. The first-order valence-corrected chi connectivity index (χ1v) is 13.8. The van der Waals surface area contributed by atoms with E-state index in [-0.39, 0.29) is 43.8 Å². The van der Waals surface area contributed by atoms with E-state index >= 15 is 0 Å². The van der Waals surface area contributed by atoms with E-state index in [1.807, 2.05) is 20.8 Å². The van der Waals surface area contributed by atoms with Gasteiger partial charge in [-0.1, -0.05) is 31.2 Å². The van der Waals surface area contributed by atoms with Crippen LogP contribution in [0.5, 0.6) is 5.75 Å². The van der Waals surface area contributed by atoms with Gasteiger partial charge in [-0.3, -0.25) is 13.9 Å². The fraction of sp³-hybridized carbons (Fsp3) is 0.462. The summed E-state index contributed by atoms with van der Waals surface area (Å²) in [5.74, 6) is -0.546. The molecule has 0 heterocycles. The Kier molecular flexibility index (Phi) is 10.7. The highest BCUT2D eigenvalue weighted by Gasteiger charge is 2.29. The molecule has 0 radical (unpaired) electrons. The average molecular weight is 522 g/mol. The predicted octanol–water partition coefficient (Wildman–Crippen LogP) is 3.71. The van der Waals surface area contributed by atoms with Crippen LogP contribution < -0.4 is 14.4 Å². The lowest BCUT2D eigenvalue weighted by atomic mass is 10.1. The number of halogens is 1. The van der Waals surface area contributed by atoms with Crippen LogP contribution in [0.2, 0.25) is 0 Å². The van der Waals surface area contributed by atoms with Gasteiger partial charge < -0.3 is 15.0 Å². The molecule has 198 valence electrons. The SMILES string of the molecule is CCC(C(=O)NC(C)C)N(Cc1ccc(F)cc1)C(=O)CCCN(c1ccccc1OC)S(C)(=O)=O. The number of para-hydroxylation sites is 2. The van der Waals surface area contributed by atoms with E-state index in [4.69, 9.17) is 4.74 Å². The Morgan fingerprint density at radius 2 is 1.72 bits per heavy atom. The molecule has 2 aromatic carbocycles. The van der Waals surface area contributed by atoms with Crippen molar-refractivity contribution in [2.75, 3.05) is 24.2 Å². The summed E-state index contributed by atoms with van der Waals surface area (Å²) in [7, 11) is -2.18. The second-order valence-electron chi connectivity index (χ2n) is 8.85. The van der Waals surface area contributed by atoms with Crippen molar-refractivity contribution in [3.8, 4) is 5.75 Å². The van der Waals surface area contributed by atoms with Gasteiger partial charge in [0.25, 0.3) is 0 Å². The van der Waals surface area contributed by atoms with Crippen molar-refractivity contribution < 1.29 is 27.1 Å². The van der Waals surface area contributed by atoms with Crippen LogP contribution >= 0.6 is 0 Å². The molecule has 0 bridgehead atoms. The minimum atomic E-state index is -3.64. The van der Waals surface area contributed by atoms with Crippen molar-refractivity contribution in [2.24, 2.45) is 0 Å². The van der Waals surface area contributed by atoms with Crippen LogP contribution in [0.4, 0.5) is 10.1 Å². The number of nitrogens with zero attached hydrogens (tertiary/aromatic N) is 2. The number of ether oxygens (including phenoxy) is 1. The van der Waals surface area contributed by atoms with E-state index in [0.29, 0.717) is 23.4 Å². The minimum Gasteiger partial charge on any atom is -0.495 e. The molecule has 0 aliphatic rings. The topological polar surface area (TPSA) is 96.0 Å². The lowest BCUT2D eigenvalue weighted by Crippen LogP contribution is -2.50. The number of amides is 2. The van der Waals surface area contributed by atoms with Gasteiger partial charge in [-0.2, -0.15) is 0 Å². The largest absolute Gasteiger partial charge is 0.495 e. The Hall–Kier alpha value is -3.14. The number of hydrogen-bond donors (Lipinski definition) is 1. The van der Waals surface area contributed by atoms with Gasteiger partial charge in [-0.25, -0.2) is 12.8 Å². The molecule has 1 N–H and O–H groups in total. The van der Waals surface area contributed by atoms with Gasteiger partial charge in [0.2, 0.25) is 21.8 Å². The Labute approximate surface area is 213 Å². The summed E-state index contributed by atoms with van der Waals surface area (Å²) < 4.78 is 45.0. The lowest BCUT2D eigenvalue weighted by Gasteiger charge is -2.31. The molecule has 36 heavy (non-hydrogen) atoms. The Morgan fingerprint density at radius 1 is 1.08 bits per heavy atom. The van der Waals surface area contributed by atoms with Gasteiger partial charge in [0.15, 0.2) is 0 Å². The van der Waals surface area contributed by atoms with Gasteiger partial charge in [-0.15, -0.1) is 0 Å². The molecule has 1 unspecified atom stereocenters. The normalized spacial score (nSPS) is 12.2. The number of anilines is 1. The number of hydrogen-bond acceptors (Lipinski definition) is 5. The van der Waals surface area contributed by atoms with Crippen LogP contribution in [-0.2, 0) is 26.2 Å². The highest BCUT2D eigenvalue weighted by molar-refractivity contribution is 7.92. The van der Waals surface area contributed by atoms with E-state index < -0.39 is 21.9 Å². The third-order valence-corrected chi connectivity index (χ3v) is 6.77. The van der Waals surface area contributed by atoms with Gasteiger partial charge in [0.05, 0.1) is 19.1 Å². The van der Waals surface area contributed by atoms with E-state index in [2.05, 4.69) is 5.32 Å². The number of methoxy groups -OCH3 is 1. The summed E-state index contributed by atoms with van der Waals surface area (Å²) in [5.41, 5.74) is 1.08. The maximum atomic E-state index is 13.4. The molecule has 0 aliphatic heterocycles. The van der Waals surface area contributed by atoms with Crippen LogP contribution in [0, 0.1) is 5.82 Å². The Morgan fingerprint density at radius 3 is 2.28 bits per heavy atom. The molecule has 2 amide bonds. The van der Waals surface area contributed by atoms with Crippen molar-refractivity contribution >= 4 is 27.5 Å². The second-order valence-corrected chi connectivity index (χ2v) is 10.8. The van der Waals surface area contributed by atoms with Gasteiger partial charge in [-0.05, 0) is 56.5 Å². The molecular weight excluding hydrogens is 485 g/mol. The van der Waals surface area contributed by atoms with E-state index in [9.17, 15) is 22.4 Å². The van der Waals surface area contributed by atoms with Crippen molar-refractivity contribution in [3.05, 3.63) is 59.9 Å². The summed E-state index contributed by atoms with van der Waals surface area (Å²) >= 11 is 0. The quantitative estimate of drug-likeness (QED) is 0.434. The fourth-order valence-corrected chi connectivity index (χ4v) is 4.87. The number of rotatable bonds is 13. The van der Waals surface area contributed by atoms with Crippen LogP contribution in [0.25, 0.3) is 0 Å². The summed E-state index contributed by atoms with van der Waals surface area (Å²) in [6.45, 7) is 5.70. The molecule has 2 rings (SSSR count). The number of benzene rings is 2. The summed E-state index contributed by atoms with van der Waals surface area (Å²) in [6.07, 6.45) is 1.74. The lowest BCUT2D eigenvalue weighted by molar-refractivity contribution is -0.141. The van der Waals surface area contributed by atoms with Crippen molar-refractivity contribution in [2.45, 2.75) is 58.7 Å². The highest BCUT2D eigenvalue weighted by Crippen LogP contribution is 2.29. The zero-order valence-corrected chi connectivity index (χ0v) is 22.3. The molecule has 0 fully saturated rings. The number of nitrogens with one attached hydrogen (secondary N) is 1. The van der Waals surface area contributed by atoms with Crippen LogP contribution in [0.3, 0.4) is 0 Å². The smallest absolute Gasteiger partial charge is 0.243 e. The number of sulfonamides is 1. The molecule has 0 saturated carbocycles. The molecule has 2 aromatic rings. The molecule has 0 aliphatic carbocycles. The van der Waals surface area contributed by atoms with Crippen LogP contribution in [0.15, 0.2) is 48.5 Å². The molecule has 0 spiro atoms. The van der Waals surface area contributed by atoms with Gasteiger partial charge in [0.1, 0.15) is 17.6 Å². The molecule has 0 aromatic heterocycles. The molecular formula is C26H36FN3O5S. The van der Waals surface area contributed by atoms with Crippen LogP contribution in [0.1, 0.15) is 45.6 Å². The number of carbonyl (C=O) groups excluding carboxylic acids is 2. The third-order valence-electron chi connectivity index (χ3n) is 5.59. The Balaban J connectivity index is 2.24. The van der Waals surface area contributed by atoms with E-state index in [0.717, 1.165) is 6.26 Å². The maximum absolute atomic E-state index is 13.4. The molecule has 10 heteroatoms. The fourth-order valence-electron chi connectivity index (χ4n) is 3.90. The van der Waals surface area contributed by atoms with Gasteiger partial charge in [0, 0.05) is 25.6 Å². The van der Waals surface area contributed by atoms with Crippen LogP contribution in [-0.4, -0.2) is 57.1 Å². The summed E-state index contributed by atoms with van der Waals surface area (Å²) in [4.78, 5) is 27.7. The standard InChI is InChI=1S/C26H36FN3O5S/c1-6-22(26(32)28-19(2)3)29(18-20-13-15-21(27)16-14-20)25(31)12-9-17-30(36(5,33)34)23-10-7-8-11-24(23)35-4/h7-8,10-11,13-16,19,22H,6,9,12,17-18H2,1-5H3,(H,28,32). The first-order chi connectivity index (χ1) is 17.0. The van der Waals surface area contributed by atoms with E-state index in [1.165, 1.54) is 28.4 Å². The zero-order valence-electron chi connectivity index (χ0n) is 21.5.